The van der Waals surface area contributed by atoms with Crippen LogP contribution in [0.25, 0.3) is 0 Å². The molecule has 176 valence electrons. The van der Waals surface area contributed by atoms with E-state index in [1.165, 1.54) is 64.2 Å². The van der Waals surface area contributed by atoms with Gasteiger partial charge in [-0.3, -0.25) is 0 Å². The molecule has 0 saturated heterocycles. The van der Waals surface area contributed by atoms with Gasteiger partial charge in [0.1, 0.15) is 0 Å². The first-order chi connectivity index (χ1) is 14.7. The van der Waals surface area contributed by atoms with Crippen LogP contribution in [-0.4, -0.2) is 5.97 Å². The summed E-state index contributed by atoms with van der Waals surface area (Å²) in [6.45, 7) is 12.3. The molecule has 31 heavy (non-hydrogen) atoms. The zero-order chi connectivity index (χ0) is 22.4. The van der Waals surface area contributed by atoms with Gasteiger partial charge < -0.3 is 9.90 Å². The summed E-state index contributed by atoms with van der Waals surface area (Å²) in [7, 11) is 0. The van der Waals surface area contributed by atoms with Gasteiger partial charge in [-0.1, -0.05) is 65.5 Å². The molecule has 0 amide bonds. The normalized spacial score (nSPS) is 43.0. The number of allylic oxidation sites excluding steroid dienone is 2. The third-order valence-electron chi connectivity index (χ3n) is 10.8. The molecule has 4 aliphatic rings. The van der Waals surface area contributed by atoms with Crippen LogP contribution < -0.4 is 5.11 Å². The number of hydrogen-bond donors (Lipinski definition) is 0. The van der Waals surface area contributed by atoms with Crippen LogP contribution in [0.2, 0.25) is 0 Å². The maximum absolute atomic E-state index is 11.8. The number of carboxylic acid groups (broad SMARTS) is 1. The van der Waals surface area contributed by atoms with Crippen LogP contribution in [0.15, 0.2) is 11.6 Å². The Morgan fingerprint density at radius 2 is 1.87 bits per heavy atom. The van der Waals surface area contributed by atoms with Crippen LogP contribution in [-0.2, 0) is 4.79 Å². The predicted molar refractivity (Wildman–Crippen MR) is 126 cm³/mol. The van der Waals surface area contributed by atoms with Gasteiger partial charge in [0.05, 0.1) is 0 Å². The molecule has 4 rings (SSSR count). The van der Waals surface area contributed by atoms with Crippen molar-refractivity contribution in [3.05, 3.63) is 11.6 Å². The number of carboxylic acids is 1. The van der Waals surface area contributed by atoms with E-state index in [1.807, 2.05) is 0 Å². The minimum atomic E-state index is -0.826. The summed E-state index contributed by atoms with van der Waals surface area (Å²) in [6, 6.07) is 0. The average molecular weight is 428 g/mol. The van der Waals surface area contributed by atoms with E-state index in [2.05, 4.69) is 40.7 Å². The largest absolute Gasteiger partial charge is 0.550 e. The molecule has 0 aromatic heterocycles. The van der Waals surface area contributed by atoms with Crippen LogP contribution in [0.5, 0.6) is 0 Å². The van der Waals surface area contributed by atoms with E-state index in [4.69, 9.17) is 0 Å². The van der Waals surface area contributed by atoms with Crippen LogP contribution in [0.3, 0.4) is 0 Å². The van der Waals surface area contributed by atoms with Crippen molar-refractivity contribution in [3.63, 3.8) is 0 Å². The van der Waals surface area contributed by atoms with Crippen molar-refractivity contribution in [2.75, 3.05) is 0 Å². The standard InChI is InChI=1S/C29H48O2/c1-19(2)9-8-10-20(3)23-12-13-24-27-21(18-26(30)31)17-22-11-6-7-15-28(22,4)25(27)14-16-29(23,24)5/h11,19-21,23-25,27H,6-10,12-18H2,1-5H3,(H,30,31)/p-1/t20-,21+,23-,24+,25+,27+,28+,29-/m1/s1. The molecule has 0 N–H and O–H groups in total. The molecule has 3 saturated carbocycles. The highest BCUT2D eigenvalue weighted by Crippen LogP contribution is 2.69. The second-order valence-electron chi connectivity index (χ2n) is 12.9. The highest BCUT2D eigenvalue weighted by molar-refractivity contribution is 5.64. The molecular weight excluding hydrogens is 380 g/mol. The van der Waals surface area contributed by atoms with Gasteiger partial charge in [0.2, 0.25) is 0 Å². The molecule has 0 aromatic carbocycles. The predicted octanol–water partition coefficient (Wildman–Crippen LogP) is 6.78. The highest BCUT2D eigenvalue weighted by atomic mass is 16.4. The topological polar surface area (TPSA) is 40.1 Å². The monoisotopic (exact) mass is 427 g/mol. The van der Waals surface area contributed by atoms with Gasteiger partial charge in [0.15, 0.2) is 0 Å². The third kappa shape index (κ3) is 4.15. The van der Waals surface area contributed by atoms with Gasteiger partial charge in [0.25, 0.3) is 0 Å². The van der Waals surface area contributed by atoms with Crippen molar-refractivity contribution in [2.45, 2.75) is 112 Å². The van der Waals surface area contributed by atoms with Gasteiger partial charge in [-0.2, -0.15) is 0 Å². The van der Waals surface area contributed by atoms with E-state index >= 15 is 0 Å². The SMILES string of the molecule is CC(C)CCC[C@@H](C)[C@H]1CC[C@H]2[C@@H]3[C@H](CC(=O)[O-])CC4=CCCC[C@]4(C)[C@H]3CC[C@]12C. The molecule has 0 heterocycles. The maximum Gasteiger partial charge on any atom is 0.0417 e. The second kappa shape index (κ2) is 8.86. The van der Waals surface area contributed by atoms with E-state index < -0.39 is 5.97 Å². The minimum absolute atomic E-state index is 0.274. The summed E-state index contributed by atoms with van der Waals surface area (Å²) < 4.78 is 0. The Balaban J connectivity index is 1.58. The Morgan fingerprint density at radius 1 is 1.10 bits per heavy atom. The fraction of sp³-hybridized carbons (Fsp3) is 0.897. The van der Waals surface area contributed by atoms with Crippen molar-refractivity contribution in [2.24, 2.45) is 52.3 Å². The zero-order valence-electron chi connectivity index (χ0n) is 20.9. The van der Waals surface area contributed by atoms with Crippen molar-refractivity contribution in [1.82, 2.24) is 0 Å². The van der Waals surface area contributed by atoms with Crippen molar-refractivity contribution < 1.29 is 9.90 Å². The minimum Gasteiger partial charge on any atom is -0.550 e. The highest BCUT2D eigenvalue weighted by Gasteiger charge is 2.61. The average Bonchev–Trinajstić information content (AvgIpc) is 3.04. The molecule has 3 fully saturated rings. The van der Waals surface area contributed by atoms with Crippen LogP contribution in [0, 0.1) is 52.3 Å². The molecule has 0 bridgehead atoms. The second-order valence-corrected chi connectivity index (χ2v) is 12.9. The summed E-state index contributed by atoms with van der Waals surface area (Å²) in [5.41, 5.74) is 2.34. The van der Waals surface area contributed by atoms with Crippen molar-refractivity contribution >= 4 is 5.97 Å². The Kier molecular flexibility index (Phi) is 6.68. The molecule has 8 atom stereocenters. The first-order valence-electron chi connectivity index (χ1n) is 13.6. The lowest BCUT2D eigenvalue weighted by Gasteiger charge is -2.61. The summed E-state index contributed by atoms with van der Waals surface area (Å²) in [5.74, 6) is 3.89. The fourth-order valence-electron chi connectivity index (χ4n) is 9.34. The summed E-state index contributed by atoms with van der Waals surface area (Å²) >= 11 is 0. The number of rotatable bonds is 7. The Bertz CT molecular complexity index is 693. The lowest BCUT2D eigenvalue weighted by molar-refractivity contribution is -0.308. The third-order valence-corrected chi connectivity index (χ3v) is 10.8. The lowest BCUT2D eigenvalue weighted by Crippen LogP contribution is -2.54. The molecule has 0 aliphatic heterocycles. The molecule has 2 heteroatoms. The quantitative estimate of drug-likeness (QED) is 0.420. The van der Waals surface area contributed by atoms with Gasteiger partial charge in [-0.15, -0.1) is 0 Å². The van der Waals surface area contributed by atoms with E-state index in [9.17, 15) is 9.90 Å². The van der Waals surface area contributed by atoms with Crippen LogP contribution >= 0.6 is 0 Å². The smallest absolute Gasteiger partial charge is 0.0417 e. The summed E-state index contributed by atoms with van der Waals surface area (Å²) in [6.07, 6.45) is 17.0. The Labute approximate surface area is 191 Å². The summed E-state index contributed by atoms with van der Waals surface area (Å²) in [5, 5.41) is 11.8. The fourth-order valence-corrected chi connectivity index (χ4v) is 9.34. The van der Waals surface area contributed by atoms with Gasteiger partial charge >= 0.3 is 0 Å². The maximum atomic E-state index is 11.8. The van der Waals surface area contributed by atoms with E-state index in [0.717, 1.165) is 24.2 Å². The number of fused-ring (bicyclic) bond motifs is 5. The van der Waals surface area contributed by atoms with Crippen LogP contribution in [0.1, 0.15) is 112 Å². The van der Waals surface area contributed by atoms with Crippen molar-refractivity contribution in [3.8, 4) is 0 Å². The first-order valence-corrected chi connectivity index (χ1v) is 13.6. The molecule has 0 radical (unpaired) electrons. The number of hydrogen-bond acceptors (Lipinski definition) is 2. The molecule has 4 aliphatic carbocycles. The number of aliphatic carboxylic acids is 1. The van der Waals surface area contributed by atoms with E-state index in [1.54, 1.807) is 5.57 Å². The van der Waals surface area contributed by atoms with Gasteiger partial charge in [-0.25, -0.2) is 0 Å². The number of carbonyl (C=O) groups is 1. The Morgan fingerprint density at radius 3 is 2.58 bits per heavy atom. The van der Waals surface area contributed by atoms with E-state index in [0.29, 0.717) is 34.5 Å². The molecule has 0 aromatic rings. The lowest BCUT2D eigenvalue weighted by atomic mass is 9.44. The number of carbonyl (C=O) groups excluding carboxylic acids is 1. The summed E-state index contributed by atoms with van der Waals surface area (Å²) in [4.78, 5) is 11.8. The first kappa shape index (κ1) is 23.4. The van der Waals surface area contributed by atoms with Gasteiger partial charge in [0, 0.05) is 5.97 Å². The van der Waals surface area contributed by atoms with Crippen molar-refractivity contribution in [1.29, 1.82) is 0 Å². The van der Waals surface area contributed by atoms with Crippen LogP contribution in [0.4, 0.5) is 0 Å². The zero-order valence-corrected chi connectivity index (χ0v) is 20.9. The van der Waals surface area contributed by atoms with E-state index in [-0.39, 0.29) is 6.42 Å². The molecule has 0 unspecified atom stereocenters. The molecule has 2 nitrogen and oxygen atoms in total. The Hall–Kier alpha value is -0.790. The molecule has 0 spiro atoms. The van der Waals surface area contributed by atoms with Gasteiger partial charge in [-0.05, 0) is 110 Å². The molecular formula is C29H47O2-.